The number of ether oxygens (including phenoxy) is 1. The van der Waals surface area contributed by atoms with Crippen LogP contribution in [0.3, 0.4) is 0 Å². The summed E-state index contributed by atoms with van der Waals surface area (Å²) >= 11 is 0. The molecule has 3 nitrogen and oxygen atoms in total. The van der Waals surface area contributed by atoms with E-state index in [2.05, 4.69) is 12.2 Å². The first-order valence-corrected chi connectivity index (χ1v) is 6.62. The van der Waals surface area contributed by atoms with Crippen molar-refractivity contribution in [3.8, 4) is 0 Å². The van der Waals surface area contributed by atoms with Crippen LogP contribution in [0.4, 0.5) is 0 Å². The van der Waals surface area contributed by atoms with Crippen molar-refractivity contribution < 1.29 is 9.53 Å². The maximum atomic E-state index is 11.5. The van der Waals surface area contributed by atoms with Crippen molar-refractivity contribution in [1.82, 2.24) is 5.32 Å². The summed E-state index contributed by atoms with van der Waals surface area (Å²) in [5, 5.41) is 3.34. The number of hydrogen-bond donors (Lipinski definition) is 1. The smallest absolute Gasteiger partial charge is 0.306 e. The molecule has 1 N–H and O–H groups in total. The third-order valence-corrected chi connectivity index (χ3v) is 3.24. The van der Waals surface area contributed by atoms with Gasteiger partial charge < -0.3 is 10.1 Å². The van der Waals surface area contributed by atoms with Gasteiger partial charge in [0.25, 0.3) is 0 Å². The molecule has 0 radical (unpaired) electrons. The first-order valence-electron chi connectivity index (χ1n) is 6.62. The molecule has 0 amide bonds. The lowest BCUT2D eigenvalue weighted by Crippen LogP contribution is -2.28. The Bertz CT molecular complexity index is 200. The maximum Gasteiger partial charge on any atom is 0.306 e. The van der Waals surface area contributed by atoms with Crippen LogP contribution in [0.25, 0.3) is 0 Å². The Kier molecular flexibility index (Phi) is 6.46. The summed E-state index contributed by atoms with van der Waals surface area (Å²) in [6.45, 7) is 6.29. The first kappa shape index (κ1) is 13.5. The Morgan fingerprint density at radius 1 is 1.44 bits per heavy atom. The van der Waals surface area contributed by atoms with Crippen molar-refractivity contribution in [2.24, 2.45) is 5.92 Å². The summed E-state index contributed by atoms with van der Waals surface area (Å²) in [7, 11) is 0. The molecule has 3 heteroatoms. The van der Waals surface area contributed by atoms with Crippen LogP contribution in [0.15, 0.2) is 0 Å². The fourth-order valence-corrected chi connectivity index (χ4v) is 2.24. The average molecular weight is 227 g/mol. The average Bonchev–Trinajstić information content (AvgIpc) is 2.28. The minimum Gasteiger partial charge on any atom is -0.463 e. The van der Waals surface area contributed by atoms with Crippen LogP contribution in [0, 0.1) is 5.92 Å². The second-order valence-corrected chi connectivity index (χ2v) is 4.82. The second kappa shape index (κ2) is 7.66. The molecule has 1 aliphatic rings. The van der Waals surface area contributed by atoms with Crippen molar-refractivity contribution in [1.29, 1.82) is 0 Å². The molecule has 0 spiro atoms. The molecule has 0 aromatic carbocycles. The summed E-state index contributed by atoms with van der Waals surface area (Å²) in [5.74, 6) is 0.703. The van der Waals surface area contributed by atoms with Crippen LogP contribution >= 0.6 is 0 Å². The third-order valence-electron chi connectivity index (χ3n) is 3.24. The lowest BCUT2D eigenvalue weighted by molar-refractivity contribution is -0.148. The predicted octanol–water partition coefficient (Wildman–Crippen LogP) is 2.50. The van der Waals surface area contributed by atoms with Crippen LogP contribution < -0.4 is 5.32 Å². The van der Waals surface area contributed by atoms with E-state index in [1.807, 2.05) is 6.92 Å². The zero-order chi connectivity index (χ0) is 11.8. The van der Waals surface area contributed by atoms with E-state index in [0.29, 0.717) is 6.42 Å². The molecule has 16 heavy (non-hydrogen) atoms. The number of nitrogens with one attached hydrogen (secondary N) is 1. The van der Waals surface area contributed by atoms with Crippen molar-refractivity contribution in [3.05, 3.63) is 0 Å². The zero-order valence-electron chi connectivity index (χ0n) is 10.6. The number of hydrogen-bond acceptors (Lipinski definition) is 3. The molecule has 1 heterocycles. The van der Waals surface area contributed by atoms with Gasteiger partial charge in [-0.2, -0.15) is 0 Å². The molecule has 94 valence electrons. The van der Waals surface area contributed by atoms with Crippen molar-refractivity contribution in [2.75, 3.05) is 13.1 Å². The van der Waals surface area contributed by atoms with E-state index in [1.54, 1.807) is 0 Å². The monoisotopic (exact) mass is 227 g/mol. The number of carbonyl (C=O) groups is 1. The molecule has 0 saturated carbocycles. The lowest BCUT2D eigenvalue weighted by Gasteiger charge is -2.22. The molecule has 0 aromatic heterocycles. The van der Waals surface area contributed by atoms with Gasteiger partial charge in [0.2, 0.25) is 0 Å². The highest BCUT2D eigenvalue weighted by Crippen LogP contribution is 2.18. The van der Waals surface area contributed by atoms with Gasteiger partial charge in [0.05, 0.1) is 6.10 Å². The summed E-state index contributed by atoms with van der Waals surface area (Å²) in [5.41, 5.74) is 0. The standard InChI is InChI=1S/C13H25NO2/c1-3-4-11(2)16-13(15)6-5-12-7-9-14-10-8-12/h11-12,14H,3-10H2,1-2H3. The molecule has 1 atom stereocenters. The van der Waals surface area contributed by atoms with E-state index >= 15 is 0 Å². The third kappa shape index (κ3) is 5.50. The Labute approximate surface area is 98.9 Å². The summed E-state index contributed by atoms with van der Waals surface area (Å²) in [4.78, 5) is 11.5. The van der Waals surface area contributed by atoms with Gasteiger partial charge >= 0.3 is 5.97 Å². The number of rotatable bonds is 6. The van der Waals surface area contributed by atoms with Crippen LogP contribution in [-0.2, 0) is 9.53 Å². The lowest BCUT2D eigenvalue weighted by atomic mass is 9.93. The summed E-state index contributed by atoms with van der Waals surface area (Å²) < 4.78 is 5.33. The van der Waals surface area contributed by atoms with E-state index < -0.39 is 0 Å². The van der Waals surface area contributed by atoms with E-state index in [1.165, 1.54) is 12.8 Å². The van der Waals surface area contributed by atoms with Crippen molar-refractivity contribution in [3.63, 3.8) is 0 Å². The summed E-state index contributed by atoms with van der Waals surface area (Å²) in [6.07, 6.45) is 6.14. The number of esters is 1. The fraction of sp³-hybridized carbons (Fsp3) is 0.923. The fourth-order valence-electron chi connectivity index (χ4n) is 2.24. The molecule has 1 fully saturated rings. The normalized spacial score (nSPS) is 19.4. The van der Waals surface area contributed by atoms with E-state index in [9.17, 15) is 4.79 Å². The van der Waals surface area contributed by atoms with Gasteiger partial charge in [-0.3, -0.25) is 4.79 Å². The first-order chi connectivity index (χ1) is 7.72. The van der Waals surface area contributed by atoms with Gasteiger partial charge in [0.15, 0.2) is 0 Å². The Balaban J connectivity index is 2.09. The molecule has 1 rings (SSSR count). The zero-order valence-corrected chi connectivity index (χ0v) is 10.6. The Morgan fingerprint density at radius 3 is 2.75 bits per heavy atom. The van der Waals surface area contributed by atoms with Gasteiger partial charge in [-0.1, -0.05) is 13.3 Å². The number of carbonyl (C=O) groups excluding carboxylic acids is 1. The number of piperidine rings is 1. The van der Waals surface area contributed by atoms with Gasteiger partial charge in [0, 0.05) is 6.42 Å². The van der Waals surface area contributed by atoms with Crippen LogP contribution in [0.2, 0.25) is 0 Å². The maximum absolute atomic E-state index is 11.5. The highest BCUT2D eigenvalue weighted by molar-refractivity contribution is 5.69. The summed E-state index contributed by atoms with van der Waals surface area (Å²) in [6, 6.07) is 0. The van der Waals surface area contributed by atoms with Crippen LogP contribution in [0.5, 0.6) is 0 Å². The largest absolute Gasteiger partial charge is 0.463 e. The van der Waals surface area contributed by atoms with Gasteiger partial charge in [-0.15, -0.1) is 0 Å². The Morgan fingerprint density at radius 2 is 2.12 bits per heavy atom. The molecule has 0 bridgehead atoms. The minimum absolute atomic E-state index is 0.0144. The Hall–Kier alpha value is -0.570. The molecule has 1 aliphatic heterocycles. The van der Waals surface area contributed by atoms with E-state index in [4.69, 9.17) is 4.74 Å². The highest BCUT2D eigenvalue weighted by Gasteiger charge is 2.15. The second-order valence-electron chi connectivity index (χ2n) is 4.82. The molecule has 0 aliphatic carbocycles. The molecular weight excluding hydrogens is 202 g/mol. The van der Waals surface area contributed by atoms with Gasteiger partial charge in [-0.25, -0.2) is 0 Å². The minimum atomic E-state index is -0.0144. The SMILES string of the molecule is CCCC(C)OC(=O)CCC1CCNCC1. The molecule has 1 saturated heterocycles. The quantitative estimate of drug-likeness (QED) is 0.709. The molecule has 1 unspecified atom stereocenters. The van der Waals surface area contributed by atoms with Gasteiger partial charge in [0.1, 0.15) is 0 Å². The van der Waals surface area contributed by atoms with E-state index in [-0.39, 0.29) is 12.1 Å². The van der Waals surface area contributed by atoms with Crippen LogP contribution in [0.1, 0.15) is 52.4 Å². The topological polar surface area (TPSA) is 38.3 Å². The predicted molar refractivity (Wildman–Crippen MR) is 65.3 cm³/mol. The molecular formula is C13H25NO2. The van der Waals surface area contributed by atoms with Crippen LogP contribution in [-0.4, -0.2) is 25.2 Å². The van der Waals surface area contributed by atoms with Crippen molar-refractivity contribution >= 4 is 5.97 Å². The van der Waals surface area contributed by atoms with Gasteiger partial charge in [-0.05, 0) is 51.6 Å². The highest BCUT2D eigenvalue weighted by atomic mass is 16.5. The van der Waals surface area contributed by atoms with E-state index in [0.717, 1.165) is 38.3 Å². The van der Waals surface area contributed by atoms with Crippen molar-refractivity contribution in [2.45, 2.75) is 58.5 Å². The molecule has 0 aromatic rings.